The molecule has 0 aliphatic rings. The summed E-state index contributed by atoms with van der Waals surface area (Å²) < 4.78 is 18.4. The van der Waals surface area contributed by atoms with E-state index in [1.165, 1.54) is 18.3 Å². The summed E-state index contributed by atoms with van der Waals surface area (Å²) in [6.07, 6.45) is 1.30. The van der Waals surface area contributed by atoms with Gasteiger partial charge in [0.05, 0.1) is 6.21 Å². The Kier molecular flexibility index (Phi) is 3.38. The zero-order valence-corrected chi connectivity index (χ0v) is 9.26. The van der Waals surface area contributed by atoms with Gasteiger partial charge in [0.25, 0.3) is 0 Å². The molecule has 0 saturated heterocycles. The van der Waals surface area contributed by atoms with Gasteiger partial charge in [0.2, 0.25) is 0 Å². The van der Waals surface area contributed by atoms with Crippen molar-refractivity contribution in [1.29, 1.82) is 0 Å². The maximum atomic E-state index is 13.0. The number of hydrogen-bond donors (Lipinski definition) is 2. The van der Waals surface area contributed by atoms with Gasteiger partial charge in [-0.05, 0) is 24.3 Å². The first-order valence-corrected chi connectivity index (χ1v) is 5.09. The van der Waals surface area contributed by atoms with Crippen LogP contribution in [0.1, 0.15) is 5.76 Å². The number of nitrogens with zero attached hydrogens (tertiary/aromatic N) is 1. The van der Waals surface area contributed by atoms with E-state index < -0.39 is 6.03 Å². The van der Waals surface area contributed by atoms with Crippen molar-refractivity contribution in [2.45, 2.75) is 0 Å². The number of nitrogens with two attached hydrogens (primary N) is 1. The molecule has 2 amide bonds. The Bertz CT molecular complexity index is 593. The highest BCUT2D eigenvalue weighted by molar-refractivity contribution is 5.79. The third-order valence-electron chi connectivity index (χ3n) is 2.10. The molecule has 1 aromatic heterocycles. The van der Waals surface area contributed by atoms with E-state index >= 15 is 0 Å². The summed E-state index contributed by atoms with van der Waals surface area (Å²) in [5, 5.41) is 3.55. The number of hydrogen-bond acceptors (Lipinski definition) is 3. The van der Waals surface area contributed by atoms with Crippen molar-refractivity contribution in [1.82, 2.24) is 5.43 Å². The Balaban J connectivity index is 2.15. The van der Waals surface area contributed by atoms with Crippen LogP contribution in [-0.2, 0) is 0 Å². The summed E-state index contributed by atoms with van der Waals surface area (Å²) >= 11 is 0. The van der Waals surface area contributed by atoms with Crippen molar-refractivity contribution in [2.24, 2.45) is 10.8 Å². The molecule has 0 atom stereocenters. The maximum absolute atomic E-state index is 13.0. The lowest BCUT2D eigenvalue weighted by atomic mass is 10.2. The number of nitrogens with one attached hydrogen (secondary N) is 1. The summed E-state index contributed by atoms with van der Waals surface area (Å²) in [7, 11) is 0. The molecule has 3 N–H and O–H groups in total. The zero-order valence-electron chi connectivity index (χ0n) is 9.26. The van der Waals surface area contributed by atoms with Crippen LogP contribution in [0.2, 0.25) is 0 Å². The lowest BCUT2D eigenvalue weighted by molar-refractivity contribution is 0.249. The van der Waals surface area contributed by atoms with Gasteiger partial charge in [-0.25, -0.2) is 14.6 Å². The third kappa shape index (κ3) is 2.94. The molecule has 18 heavy (non-hydrogen) atoms. The van der Waals surface area contributed by atoms with Gasteiger partial charge >= 0.3 is 6.03 Å². The van der Waals surface area contributed by atoms with Crippen molar-refractivity contribution in [3.63, 3.8) is 0 Å². The SMILES string of the molecule is NC(=O)N/N=C\c1ccc(-c2cccc(F)c2)o1. The van der Waals surface area contributed by atoms with Gasteiger partial charge < -0.3 is 10.2 Å². The molecule has 0 bridgehead atoms. The van der Waals surface area contributed by atoms with Crippen LogP contribution in [0.25, 0.3) is 11.3 Å². The molecule has 0 unspecified atom stereocenters. The topological polar surface area (TPSA) is 80.6 Å². The second-order valence-corrected chi connectivity index (χ2v) is 3.45. The zero-order chi connectivity index (χ0) is 13.0. The minimum Gasteiger partial charge on any atom is -0.455 e. The Morgan fingerprint density at radius 3 is 2.94 bits per heavy atom. The molecule has 0 saturated carbocycles. The number of amides is 2. The van der Waals surface area contributed by atoms with Crippen LogP contribution in [0.5, 0.6) is 0 Å². The minimum atomic E-state index is -0.761. The largest absolute Gasteiger partial charge is 0.455 e. The molecule has 2 rings (SSSR count). The van der Waals surface area contributed by atoms with Gasteiger partial charge in [0, 0.05) is 5.56 Å². The number of halogens is 1. The van der Waals surface area contributed by atoms with Crippen LogP contribution < -0.4 is 11.2 Å². The van der Waals surface area contributed by atoms with E-state index in [2.05, 4.69) is 5.10 Å². The van der Waals surface area contributed by atoms with Gasteiger partial charge in [0.1, 0.15) is 17.3 Å². The minimum absolute atomic E-state index is 0.338. The van der Waals surface area contributed by atoms with Gasteiger partial charge in [-0.2, -0.15) is 5.10 Å². The summed E-state index contributed by atoms with van der Waals surface area (Å²) in [6, 6.07) is 8.60. The smallest absolute Gasteiger partial charge is 0.332 e. The number of carbonyl (C=O) groups excluding carboxylic acids is 1. The molecule has 0 fully saturated rings. The highest BCUT2D eigenvalue weighted by Gasteiger charge is 2.04. The molecule has 1 aromatic carbocycles. The molecule has 0 radical (unpaired) electrons. The van der Waals surface area contributed by atoms with Crippen LogP contribution in [0, 0.1) is 5.82 Å². The van der Waals surface area contributed by atoms with E-state index in [1.807, 2.05) is 5.43 Å². The van der Waals surface area contributed by atoms with Crippen LogP contribution in [-0.4, -0.2) is 12.2 Å². The van der Waals surface area contributed by atoms with Crippen LogP contribution in [0.4, 0.5) is 9.18 Å². The maximum Gasteiger partial charge on any atom is 0.332 e. The Labute approximate surface area is 102 Å². The van der Waals surface area contributed by atoms with Gasteiger partial charge in [-0.1, -0.05) is 12.1 Å². The quantitative estimate of drug-likeness (QED) is 0.643. The van der Waals surface area contributed by atoms with E-state index in [9.17, 15) is 9.18 Å². The van der Waals surface area contributed by atoms with Crippen molar-refractivity contribution >= 4 is 12.2 Å². The molecule has 1 heterocycles. The Morgan fingerprint density at radius 1 is 1.39 bits per heavy atom. The van der Waals surface area contributed by atoms with E-state index in [0.29, 0.717) is 17.1 Å². The average molecular weight is 247 g/mol. The molecule has 0 aliphatic heterocycles. The molecule has 0 spiro atoms. The highest BCUT2D eigenvalue weighted by atomic mass is 19.1. The number of rotatable bonds is 3. The molecular formula is C12H10FN3O2. The summed E-state index contributed by atoms with van der Waals surface area (Å²) in [4.78, 5) is 10.4. The first-order valence-electron chi connectivity index (χ1n) is 5.09. The fraction of sp³-hybridized carbons (Fsp3) is 0. The highest BCUT2D eigenvalue weighted by Crippen LogP contribution is 2.21. The fourth-order valence-electron chi connectivity index (χ4n) is 1.38. The lowest BCUT2D eigenvalue weighted by Gasteiger charge is -1.96. The molecule has 0 aliphatic carbocycles. The van der Waals surface area contributed by atoms with Crippen molar-refractivity contribution < 1.29 is 13.6 Å². The number of carbonyl (C=O) groups is 1. The Morgan fingerprint density at radius 2 is 2.22 bits per heavy atom. The van der Waals surface area contributed by atoms with E-state index in [1.54, 1.807) is 24.3 Å². The van der Waals surface area contributed by atoms with Crippen LogP contribution in [0.15, 0.2) is 45.9 Å². The summed E-state index contributed by atoms with van der Waals surface area (Å²) in [6.45, 7) is 0. The first kappa shape index (κ1) is 11.8. The van der Waals surface area contributed by atoms with Crippen molar-refractivity contribution in [2.75, 3.05) is 0 Å². The van der Waals surface area contributed by atoms with Crippen molar-refractivity contribution in [3.8, 4) is 11.3 Å². The number of hydrazone groups is 1. The fourth-order valence-corrected chi connectivity index (χ4v) is 1.38. The first-order chi connectivity index (χ1) is 8.65. The predicted octanol–water partition coefficient (Wildman–Crippen LogP) is 2.09. The number of primary amides is 1. The lowest BCUT2D eigenvalue weighted by Crippen LogP contribution is -2.24. The van der Waals surface area contributed by atoms with Gasteiger partial charge in [-0.3, -0.25) is 0 Å². The molecule has 6 heteroatoms. The van der Waals surface area contributed by atoms with E-state index in [-0.39, 0.29) is 5.82 Å². The normalized spacial score (nSPS) is 10.7. The summed E-state index contributed by atoms with van der Waals surface area (Å²) in [5.74, 6) is 0.590. The second kappa shape index (κ2) is 5.13. The monoisotopic (exact) mass is 247 g/mol. The predicted molar refractivity (Wildman–Crippen MR) is 64.4 cm³/mol. The Hall–Kier alpha value is -2.63. The van der Waals surface area contributed by atoms with Crippen LogP contribution >= 0.6 is 0 Å². The average Bonchev–Trinajstić information content (AvgIpc) is 2.77. The van der Waals surface area contributed by atoms with Gasteiger partial charge in [-0.15, -0.1) is 0 Å². The number of furan rings is 1. The number of benzene rings is 1. The van der Waals surface area contributed by atoms with Gasteiger partial charge in [0.15, 0.2) is 0 Å². The summed E-state index contributed by atoms with van der Waals surface area (Å²) in [5.41, 5.74) is 7.50. The molecule has 92 valence electrons. The van der Waals surface area contributed by atoms with E-state index in [0.717, 1.165) is 0 Å². The van der Waals surface area contributed by atoms with Crippen molar-refractivity contribution in [3.05, 3.63) is 48.0 Å². The van der Waals surface area contributed by atoms with E-state index in [4.69, 9.17) is 10.2 Å². The third-order valence-corrected chi connectivity index (χ3v) is 2.10. The second-order valence-electron chi connectivity index (χ2n) is 3.45. The number of urea groups is 1. The molecule has 2 aromatic rings. The standard InChI is InChI=1S/C12H10FN3O2/c13-9-3-1-2-8(6-9)11-5-4-10(18-11)7-15-16-12(14)17/h1-7H,(H3,14,16,17)/b15-7-. The van der Waals surface area contributed by atoms with Crippen LogP contribution in [0.3, 0.4) is 0 Å². The molecular weight excluding hydrogens is 237 g/mol. The molecule has 5 nitrogen and oxygen atoms in total.